The summed E-state index contributed by atoms with van der Waals surface area (Å²) in [7, 11) is -1.60. The summed E-state index contributed by atoms with van der Waals surface area (Å²) >= 11 is 3.37. The highest BCUT2D eigenvalue weighted by molar-refractivity contribution is 9.10. The predicted octanol–water partition coefficient (Wildman–Crippen LogP) is 4.04. The van der Waals surface area contributed by atoms with E-state index in [1.807, 2.05) is 7.05 Å². The van der Waals surface area contributed by atoms with Crippen molar-refractivity contribution >= 4 is 26.0 Å². The van der Waals surface area contributed by atoms with Crippen molar-refractivity contribution in [2.45, 2.75) is 49.0 Å². The number of hydrogen-bond acceptors (Lipinski definition) is 2. The van der Waals surface area contributed by atoms with Crippen LogP contribution >= 0.6 is 15.9 Å². The zero-order valence-corrected chi connectivity index (χ0v) is 15.2. The van der Waals surface area contributed by atoms with Crippen LogP contribution in [0.15, 0.2) is 33.6 Å². The second kappa shape index (κ2) is 5.05. The van der Waals surface area contributed by atoms with Gasteiger partial charge in [-0.05, 0) is 80.5 Å². The summed E-state index contributed by atoms with van der Waals surface area (Å²) in [5.41, 5.74) is -0.124. The molecule has 0 atom stereocenters. The number of nitrogens with zero attached hydrogens (tertiary/aromatic N) is 1. The van der Waals surface area contributed by atoms with E-state index in [0.29, 0.717) is 4.90 Å². The minimum Gasteiger partial charge on any atom is -0.207 e. The SMILES string of the molecule is CN(C12CC3CC(CC(C3)C1)C2)S(=O)(=O)c1ccc(Br)cc1. The molecule has 4 aliphatic carbocycles. The Labute approximate surface area is 141 Å². The molecule has 4 fully saturated rings. The minimum atomic E-state index is -3.41. The standard InChI is InChI=1S/C17H22BrNO2S/c1-19(22(20,21)16-4-2-15(18)3-5-16)17-9-12-6-13(10-17)8-14(7-12)11-17/h2-5,12-14H,6-11H2,1H3. The Balaban J connectivity index is 1.69. The van der Waals surface area contributed by atoms with Gasteiger partial charge in [0.1, 0.15) is 0 Å². The molecule has 22 heavy (non-hydrogen) atoms. The molecule has 4 aliphatic rings. The maximum Gasteiger partial charge on any atom is 0.243 e. The van der Waals surface area contributed by atoms with Crippen LogP contribution in [0.2, 0.25) is 0 Å². The number of hydrogen-bond donors (Lipinski definition) is 0. The van der Waals surface area contributed by atoms with Gasteiger partial charge in [-0.3, -0.25) is 0 Å². The van der Waals surface area contributed by atoms with Gasteiger partial charge < -0.3 is 0 Å². The average molecular weight is 384 g/mol. The molecule has 0 heterocycles. The second-order valence-electron chi connectivity index (χ2n) is 7.57. The number of rotatable bonds is 3. The molecule has 3 nitrogen and oxygen atoms in total. The summed E-state index contributed by atoms with van der Waals surface area (Å²) in [5, 5.41) is 0. The Morgan fingerprint density at radius 2 is 1.45 bits per heavy atom. The molecule has 1 aromatic rings. The summed E-state index contributed by atoms with van der Waals surface area (Å²) in [6.07, 6.45) is 7.16. The molecule has 0 aliphatic heterocycles. The van der Waals surface area contributed by atoms with E-state index >= 15 is 0 Å². The molecule has 120 valence electrons. The van der Waals surface area contributed by atoms with E-state index in [4.69, 9.17) is 0 Å². The van der Waals surface area contributed by atoms with Crippen LogP contribution in [0, 0.1) is 17.8 Å². The molecule has 0 unspecified atom stereocenters. The Kier molecular flexibility index (Phi) is 3.48. The fourth-order valence-electron chi connectivity index (χ4n) is 5.47. The van der Waals surface area contributed by atoms with E-state index in [2.05, 4.69) is 15.9 Å². The lowest BCUT2D eigenvalue weighted by Gasteiger charge is -2.59. The monoisotopic (exact) mass is 383 g/mol. The first-order valence-electron chi connectivity index (χ1n) is 8.14. The second-order valence-corrected chi connectivity index (χ2v) is 10.5. The molecule has 5 rings (SSSR count). The lowest BCUT2D eigenvalue weighted by molar-refractivity contribution is -0.0495. The first-order chi connectivity index (χ1) is 10.4. The van der Waals surface area contributed by atoms with Crippen LogP contribution < -0.4 is 0 Å². The van der Waals surface area contributed by atoms with Gasteiger partial charge in [0.2, 0.25) is 10.0 Å². The van der Waals surface area contributed by atoms with Crippen LogP contribution in [0.25, 0.3) is 0 Å². The van der Waals surface area contributed by atoms with Gasteiger partial charge in [-0.2, -0.15) is 4.31 Å². The highest BCUT2D eigenvalue weighted by atomic mass is 79.9. The van der Waals surface area contributed by atoms with Crippen molar-refractivity contribution in [2.24, 2.45) is 17.8 Å². The van der Waals surface area contributed by atoms with E-state index in [1.165, 1.54) is 19.3 Å². The molecule has 0 radical (unpaired) electrons. The van der Waals surface area contributed by atoms with Crippen LogP contribution in [0.5, 0.6) is 0 Å². The third kappa shape index (κ3) is 2.28. The fraction of sp³-hybridized carbons (Fsp3) is 0.647. The van der Waals surface area contributed by atoms with E-state index < -0.39 is 10.0 Å². The molecule has 0 spiro atoms. The van der Waals surface area contributed by atoms with Crippen LogP contribution in [0.3, 0.4) is 0 Å². The maximum atomic E-state index is 13.1. The number of sulfonamides is 1. The summed E-state index contributed by atoms with van der Waals surface area (Å²) in [6.45, 7) is 0. The highest BCUT2D eigenvalue weighted by Gasteiger charge is 2.55. The van der Waals surface area contributed by atoms with Gasteiger partial charge in [0, 0.05) is 17.1 Å². The largest absolute Gasteiger partial charge is 0.243 e. The number of halogens is 1. The average Bonchev–Trinajstić information content (AvgIpc) is 2.45. The Morgan fingerprint density at radius 1 is 1.00 bits per heavy atom. The van der Waals surface area contributed by atoms with E-state index in [-0.39, 0.29) is 5.54 Å². The molecule has 0 aromatic heterocycles. The van der Waals surface area contributed by atoms with Gasteiger partial charge in [0.15, 0.2) is 0 Å². The zero-order chi connectivity index (χ0) is 15.5. The predicted molar refractivity (Wildman–Crippen MR) is 90.0 cm³/mol. The summed E-state index contributed by atoms with van der Waals surface area (Å²) < 4.78 is 28.8. The van der Waals surface area contributed by atoms with Crippen molar-refractivity contribution in [3.05, 3.63) is 28.7 Å². The first-order valence-corrected chi connectivity index (χ1v) is 10.4. The Hall–Kier alpha value is -0.390. The van der Waals surface area contributed by atoms with Gasteiger partial charge in [0.25, 0.3) is 0 Å². The van der Waals surface area contributed by atoms with Gasteiger partial charge >= 0.3 is 0 Å². The molecule has 0 amide bonds. The van der Waals surface area contributed by atoms with Gasteiger partial charge in [0.05, 0.1) is 4.90 Å². The third-order valence-corrected chi connectivity index (χ3v) is 8.65. The quantitative estimate of drug-likeness (QED) is 0.789. The molecular formula is C17H22BrNO2S. The lowest BCUT2D eigenvalue weighted by atomic mass is 9.53. The van der Waals surface area contributed by atoms with Gasteiger partial charge in [-0.25, -0.2) is 8.42 Å². The minimum absolute atomic E-state index is 0.124. The van der Waals surface area contributed by atoms with Crippen LogP contribution in [0.1, 0.15) is 38.5 Å². The van der Waals surface area contributed by atoms with Gasteiger partial charge in [-0.15, -0.1) is 0 Å². The summed E-state index contributed by atoms with van der Waals surface area (Å²) in [4.78, 5) is 0.411. The van der Waals surface area contributed by atoms with E-state index in [1.54, 1.807) is 28.6 Å². The molecule has 0 saturated heterocycles. The van der Waals surface area contributed by atoms with Crippen LogP contribution in [0.4, 0.5) is 0 Å². The topological polar surface area (TPSA) is 37.4 Å². The van der Waals surface area contributed by atoms with Crippen LogP contribution in [-0.2, 0) is 10.0 Å². The van der Waals surface area contributed by atoms with Crippen molar-refractivity contribution < 1.29 is 8.42 Å². The summed E-state index contributed by atoms with van der Waals surface area (Å²) in [5.74, 6) is 2.23. The van der Waals surface area contributed by atoms with E-state index in [9.17, 15) is 8.42 Å². The van der Waals surface area contributed by atoms with Crippen molar-refractivity contribution in [2.75, 3.05) is 7.05 Å². The highest BCUT2D eigenvalue weighted by Crippen LogP contribution is 2.58. The zero-order valence-electron chi connectivity index (χ0n) is 12.8. The van der Waals surface area contributed by atoms with Crippen LogP contribution in [-0.4, -0.2) is 25.3 Å². The molecule has 0 N–H and O–H groups in total. The van der Waals surface area contributed by atoms with Crippen molar-refractivity contribution in [3.63, 3.8) is 0 Å². The van der Waals surface area contributed by atoms with Crippen molar-refractivity contribution in [1.82, 2.24) is 4.31 Å². The third-order valence-electron chi connectivity index (χ3n) is 6.15. The molecular weight excluding hydrogens is 362 g/mol. The van der Waals surface area contributed by atoms with Crippen molar-refractivity contribution in [3.8, 4) is 0 Å². The lowest BCUT2D eigenvalue weighted by Crippen LogP contribution is -2.60. The van der Waals surface area contributed by atoms with Gasteiger partial charge in [-0.1, -0.05) is 15.9 Å². The first kappa shape index (κ1) is 15.2. The summed E-state index contributed by atoms with van der Waals surface area (Å²) in [6, 6.07) is 7.02. The maximum absolute atomic E-state index is 13.1. The number of benzene rings is 1. The molecule has 4 saturated carbocycles. The fourth-order valence-corrected chi connectivity index (χ4v) is 7.26. The smallest absolute Gasteiger partial charge is 0.207 e. The molecule has 1 aromatic carbocycles. The Morgan fingerprint density at radius 3 is 1.91 bits per heavy atom. The normalized spacial score (nSPS) is 37.0. The van der Waals surface area contributed by atoms with Crippen molar-refractivity contribution in [1.29, 1.82) is 0 Å². The molecule has 5 heteroatoms. The Bertz CT molecular complexity index is 648. The molecule has 4 bridgehead atoms. The van der Waals surface area contributed by atoms with E-state index in [0.717, 1.165) is 41.5 Å².